The summed E-state index contributed by atoms with van der Waals surface area (Å²) in [4.78, 5) is 13.2. The van der Waals surface area contributed by atoms with E-state index in [1.54, 1.807) is 18.2 Å². The third-order valence-corrected chi connectivity index (χ3v) is 4.28. The average molecular weight is 375 g/mol. The fourth-order valence-electron chi connectivity index (χ4n) is 2.63. The van der Waals surface area contributed by atoms with E-state index < -0.39 is 43.4 Å². The Balaban J connectivity index is 1.93. The number of nitrogens with zero attached hydrogens (tertiary/aromatic N) is 1. The van der Waals surface area contributed by atoms with Crippen LogP contribution in [0.2, 0.25) is 0 Å². The van der Waals surface area contributed by atoms with E-state index in [9.17, 15) is 15.0 Å². The summed E-state index contributed by atoms with van der Waals surface area (Å²) in [5, 5.41) is 29.0. The number of fused-ring (bicyclic) bond motifs is 1. The molecule has 0 aromatic heterocycles. The standard InChI is InChI=1S/C13H15BrN2O6/c14-5-1-2-7-6(3-5)11(15)16(13(20)22-7)12-10(19)9(18)8(4-17)21-12/h1-3,8-12,17-19H,4,15H2/t8-,9-,10-,11?,12-/m1/s1. The quantitative estimate of drug-likeness (QED) is 0.557. The predicted molar refractivity (Wildman–Crippen MR) is 76.7 cm³/mol. The highest BCUT2D eigenvalue weighted by molar-refractivity contribution is 9.10. The molecule has 9 heteroatoms. The van der Waals surface area contributed by atoms with E-state index in [0.717, 1.165) is 9.37 Å². The van der Waals surface area contributed by atoms with Crippen LogP contribution in [0.1, 0.15) is 11.7 Å². The molecule has 0 spiro atoms. The van der Waals surface area contributed by atoms with E-state index >= 15 is 0 Å². The Bertz CT molecular complexity index is 600. The molecule has 22 heavy (non-hydrogen) atoms. The van der Waals surface area contributed by atoms with Crippen LogP contribution >= 0.6 is 15.9 Å². The normalized spacial score (nSPS) is 34.5. The summed E-state index contributed by atoms with van der Waals surface area (Å²) in [6.07, 6.45) is -6.63. The lowest BCUT2D eigenvalue weighted by molar-refractivity contribution is -0.102. The first kappa shape index (κ1) is 15.7. The maximum atomic E-state index is 12.2. The zero-order valence-electron chi connectivity index (χ0n) is 11.3. The van der Waals surface area contributed by atoms with E-state index in [2.05, 4.69) is 15.9 Å². The van der Waals surface area contributed by atoms with Gasteiger partial charge in [0.25, 0.3) is 0 Å². The number of aliphatic hydroxyl groups is 3. The van der Waals surface area contributed by atoms with Gasteiger partial charge in [0.05, 0.1) is 6.61 Å². The van der Waals surface area contributed by atoms with Gasteiger partial charge < -0.3 is 30.5 Å². The van der Waals surface area contributed by atoms with Gasteiger partial charge in [-0.2, -0.15) is 0 Å². The molecule has 0 radical (unpaired) electrons. The van der Waals surface area contributed by atoms with E-state index in [-0.39, 0.29) is 0 Å². The van der Waals surface area contributed by atoms with Crippen LogP contribution < -0.4 is 10.5 Å². The van der Waals surface area contributed by atoms with Crippen LogP contribution in [-0.2, 0) is 4.74 Å². The molecule has 2 heterocycles. The van der Waals surface area contributed by atoms with E-state index in [0.29, 0.717) is 11.3 Å². The number of aliphatic hydroxyl groups excluding tert-OH is 3. The molecule has 8 nitrogen and oxygen atoms in total. The highest BCUT2D eigenvalue weighted by Gasteiger charge is 2.50. The number of carbonyl (C=O) groups is 1. The molecule has 5 atom stereocenters. The zero-order chi connectivity index (χ0) is 16.0. The average Bonchev–Trinajstić information content (AvgIpc) is 2.76. The number of benzene rings is 1. The summed E-state index contributed by atoms with van der Waals surface area (Å²) < 4.78 is 11.3. The smallest absolute Gasteiger partial charge is 0.410 e. The Hall–Kier alpha value is -1.23. The van der Waals surface area contributed by atoms with Gasteiger partial charge in [0.2, 0.25) is 0 Å². The molecule has 5 N–H and O–H groups in total. The lowest BCUT2D eigenvalue weighted by atomic mass is 10.1. The molecule has 1 fully saturated rings. The van der Waals surface area contributed by atoms with Gasteiger partial charge in [-0.05, 0) is 18.2 Å². The second-order valence-electron chi connectivity index (χ2n) is 5.13. The monoisotopic (exact) mass is 374 g/mol. The highest BCUT2D eigenvalue weighted by Crippen LogP contribution is 2.37. The predicted octanol–water partition coefficient (Wildman–Crippen LogP) is -0.340. The summed E-state index contributed by atoms with van der Waals surface area (Å²) in [5.41, 5.74) is 6.63. The minimum absolute atomic E-state index is 0.323. The summed E-state index contributed by atoms with van der Waals surface area (Å²) in [5.74, 6) is 0.323. The van der Waals surface area contributed by atoms with Crippen LogP contribution in [-0.4, -0.2) is 57.5 Å². The fraction of sp³-hybridized carbons (Fsp3) is 0.462. The van der Waals surface area contributed by atoms with Gasteiger partial charge in [0, 0.05) is 10.0 Å². The number of halogens is 1. The first-order valence-electron chi connectivity index (χ1n) is 6.61. The van der Waals surface area contributed by atoms with Crippen molar-refractivity contribution in [3.63, 3.8) is 0 Å². The highest BCUT2D eigenvalue weighted by atomic mass is 79.9. The van der Waals surface area contributed by atoms with Crippen molar-refractivity contribution in [2.45, 2.75) is 30.7 Å². The zero-order valence-corrected chi connectivity index (χ0v) is 12.9. The van der Waals surface area contributed by atoms with Gasteiger partial charge in [-0.3, -0.25) is 4.90 Å². The molecule has 1 unspecified atom stereocenters. The summed E-state index contributed by atoms with van der Waals surface area (Å²) in [6, 6.07) is 5.01. The molecule has 1 aromatic carbocycles. The molecule has 2 aliphatic heterocycles. The Morgan fingerprint density at radius 3 is 2.68 bits per heavy atom. The molecule has 120 valence electrons. The molecule has 2 aliphatic rings. The number of amides is 1. The molecule has 1 saturated heterocycles. The summed E-state index contributed by atoms with van der Waals surface area (Å²) in [6.45, 7) is -0.491. The Labute approximate surface area is 134 Å². The van der Waals surface area contributed by atoms with E-state index in [1.807, 2.05) is 0 Å². The van der Waals surface area contributed by atoms with Crippen molar-refractivity contribution >= 4 is 22.0 Å². The van der Waals surface area contributed by atoms with Crippen LogP contribution in [0.25, 0.3) is 0 Å². The summed E-state index contributed by atoms with van der Waals surface area (Å²) in [7, 11) is 0. The second kappa shape index (κ2) is 5.76. The molecular formula is C13H15BrN2O6. The van der Waals surface area contributed by atoms with Gasteiger partial charge in [0.1, 0.15) is 30.2 Å². The lowest BCUT2D eigenvalue weighted by Crippen LogP contribution is -2.54. The third kappa shape index (κ3) is 2.39. The molecule has 0 aliphatic carbocycles. The largest absolute Gasteiger partial charge is 0.418 e. The number of nitrogens with two attached hydrogens (primary N) is 1. The number of hydrogen-bond acceptors (Lipinski definition) is 7. The number of hydrogen-bond donors (Lipinski definition) is 4. The molecule has 0 saturated carbocycles. The van der Waals surface area contributed by atoms with Crippen molar-refractivity contribution in [1.82, 2.24) is 4.90 Å². The Morgan fingerprint density at radius 2 is 2.05 bits per heavy atom. The summed E-state index contributed by atoms with van der Waals surface area (Å²) >= 11 is 3.31. The van der Waals surface area contributed by atoms with Crippen LogP contribution in [0, 0.1) is 0 Å². The number of carbonyl (C=O) groups excluding carboxylic acids is 1. The number of rotatable bonds is 2. The molecular weight excluding hydrogens is 360 g/mol. The fourth-order valence-corrected chi connectivity index (χ4v) is 3.00. The first-order chi connectivity index (χ1) is 10.4. The van der Waals surface area contributed by atoms with Gasteiger partial charge in [0.15, 0.2) is 6.23 Å². The minimum Gasteiger partial charge on any atom is -0.410 e. The van der Waals surface area contributed by atoms with Crippen molar-refractivity contribution in [1.29, 1.82) is 0 Å². The molecule has 1 aromatic rings. The van der Waals surface area contributed by atoms with Crippen molar-refractivity contribution in [3.05, 3.63) is 28.2 Å². The van der Waals surface area contributed by atoms with E-state index in [1.165, 1.54) is 0 Å². The van der Waals surface area contributed by atoms with Crippen molar-refractivity contribution in [2.75, 3.05) is 6.61 Å². The van der Waals surface area contributed by atoms with Crippen LogP contribution in [0.3, 0.4) is 0 Å². The Kier molecular flexibility index (Phi) is 4.10. The van der Waals surface area contributed by atoms with Crippen molar-refractivity contribution in [2.24, 2.45) is 5.73 Å². The minimum atomic E-state index is -1.40. The van der Waals surface area contributed by atoms with Gasteiger partial charge in [-0.25, -0.2) is 4.79 Å². The maximum Gasteiger partial charge on any atom is 0.418 e. The van der Waals surface area contributed by atoms with Crippen LogP contribution in [0.4, 0.5) is 4.79 Å². The van der Waals surface area contributed by atoms with E-state index in [4.69, 9.17) is 20.3 Å². The first-order valence-corrected chi connectivity index (χ1v) is 7.41. The maximum absolute atomic E-state index is 12.2. The molecule has 3 rings (SSSR count). The van der Waals surface area contributed by atoms with Crippen LogP contribution in [0.5, 0.6) is 5.75 Å². The molecule has 1 amide bonds. The number of ether oxygens (including phenoxy) is 2. The topological polar surface area (TPSA) is 125 Å². The Morgan fingerprint density at radius 1 is 1.32 bits per heavy atom. The molecule has 0 bridgehead atoms. The third-order valence-electron chi connectivity index (χ3n) is 3.79. The van der Waals surface area contributed by atoms with Gasteiger partial charge in [-0.15, -0.1) is 0 Å². The lowest BCUT2D eigenvalue weighted by Gasteiger charge is -2.38. The van der Waals surface area contributed by atoms with Gasteiger partial charge >= 0.3 is 6.09 Å². The SMILES string of the molecule is NC1c2cc(Br)ccc2OC(=O)N1[C@@H]1O[C@H](CO)[C@@H](O)[C@H]1O. The van der Waals surface area contributed by atoms with Crippen molar-refractivity contribution < 1.29 is 29.6 Å². The van der Waals surface area contributed by atoms with Gasteiger partial charge in [-0.1, -0.05) is 15.9 Å². The van der Waals surface area contributed by atoms with Crippen LogP contribution in [0.15, 0.2) is 22.7 Å². The van der Waals surface area contributed by atoms with Crippen molar-refractivity contribution in [3.8, 4) is 5.75 Å². The second-order valence-corrected chi connectivity index (χ2v) is 6.05.